The van der Waals surface area contributed by atoms with E-state index in [4.69, 9.17) is 4.98 Å². The van der Waals surface area contributed by atoms with E-state index >= 15 is 0 Å². The van der Waals surface area contributed by atoms with E-state index in [1.165, 1.54) is 19.3 Å². The van der Waals surface area contributed by atoms with Crippen LogP contribution in [0.3, 0.4) is 0 Å². The summed E-state index contributed by atoms with van der Waals surface area (Å²) in [5.41, 5.74) is 4.10. The van der Waals surface area contributed by atoms with Crippen LogP contribution in [0.4, 0.5) is 10.3 Å². The molecule has 1 aliphatic carbocycles. The molecule has 0 radical (unpaired) electrons. The highest BCUT2D eigenvalue weighted by molar-refractivity contribution is 5.82. The van der Waals surface area contributed by atoms with Gasteiger partial charge >= 0.3 is 0 Å². The average molecular weight is 365 g/mol. The number of halogens is 1. The summed E-state index contributed by atoms with van der Waals surface area (Å²) in [6.45, 7) is 1.68. The third-order valence-corrected chi connectivity index (χ3v) is 5.22. The van der Waals surface area contributed by atoms with Crippen LogP contribution in [-0.4, -0.2) is 41.8 Å². The Morgan fingerprint density at radius 2 is 2.11 bits per heavy atom. The average Bonchev–Trinajstić information content (AvgIpc) is 3.19. The molecule has 8 heteroatoms. The first-order valence-corrected chi connectivity index (χ1v) is 9.24. The van der Waals surface area contributed by atoms with Gasteiger partial charge in [0.05, 0.1) is 24.0 Å². The third-order valence-electron chi connectivity index (χ3n) is 5.22. The molecule has 0 saturated heterocycles. The molecular weight excluding hydrogens is 345 g/mol. The number of rotatable bonds is 5. The second-order valence-corrected chi connectivity index (χ2v) is 6.95. The predicted octanol–water partition coefficient (Wildman–Crippen LogP) is 3.38. The van der Waals surface area contributed by atoms with Crippen LogP contribution in [0.1, 0.15) is 25.1 Å². The van der Waals surface area contributed by atoms with Crippen molar-refractivity contribution in [3.05, 3.63) is 36.4 Å². The van der Waals surface area contributed by atoms with E-state index in [-0.39, 0.29) is 6.54 Å². The summed E-state index contributed by atoms with van der Waals surface area (Å²) >= 11 is 0. The van der Waals surface area contributed by atoms with Gasteiger partial charge in [0.1, 0.15) is 18.0 Å². The lowest BCUT2D eigenvalue weighted by molar-refractivity contribution is 0.442. The van der Waals surface area contributed by atoms with Crippen molar-refractivity contribution in [3.63, 3.8) is 0 Å². The normalized spacial score (nSPS) is 14.7. The minimum Gasteiger partial charge on any atom is -0.350 e. The number of anilines is 1. The van der Waals surface area contributed by atoms with Gasteiger partial charge in [-0.1, -0.05) is 0 Å². The van der Waals surface area contributed by atoms with Gasteiger partial charge in [-0.25, -0.2) is 23.9 Å². The van der Waals surface area contributed by atoms with E-state index in [2.05, 4.69) is 20.4 Å². The lowest BCUT2D eigenvalue weighted by Gasteiger charge is -2.26. The van der Waals surface area contributed by atoms with E-state index < -0.39 is 6.67 Å². The van der Waals surface area contributed by atoms with E-state index in [0.29, 0.717) is 17.6 Å². The van der Waals surface area contributed by atoms with Gasteiger partial charge in [0.15, 0.2) is 5.65 Å². The molecular formula is C19H20FN7. The molecule has 138 valence electrons. The first kappa shape index (κ1) is 16.2. The van der Waals surface area contributed by atoms with Crippen molar-refractivity contribution in [2.24, 2.45) is 0 Å². The molecule has 0 bridgehead atoms. The summed E-state index contributed by atoms with van der Waals surface area (Å²) < 4.78 is 16.5. The van der Waals surface area contributed by atoms with E-state index in [1.807, 2.05) is 46.6 Å². The van der Waals surface area contributed by atoms with Crippen molar-refractivity contribution in [1.82, 2.24) is 29.1 Å². The Bertz CT molecular complexity index is 1130. The number of alkyl halides is 1. The number of pyridine rings is 1. The van der Waals surface area contributed by atoms with Crippen molar-refractivity contribution >= 4 is 22.6 Å². The fourth-order valence-corrected chi connectivity index (χ4v) is 3.54. The maximum atomic E-state index is 12.9. The SMILES string of the molecule is Cc1nc2ccc(-c3ccn4nc(NC5CCC5)ncc34)nc2n1CCF. The number of hydrogen-bond acceptors (Lipinski definition) is 5. The van der Waals surface area contributed by atoms with Gasteiger partial charge in [-0.15, -0.1) is 5.10 Å². The first-order valence-electron chi connectivity index (χ1n) is 9.24. The Kier molecular flexibility index (Phi) is 3.77. The second kappa shape index (κ2) is 6.29. The Balaban J connectivity index is 1.55. The van der Waals surface area contributed by atoms with Crippen LogP contribution in [-0.2, 0) is 6.54 Å². The molecule has 5 rings (SSSR count). The summed E-state index contributed by atoms with van der Waals surface area (Å²) in [4.78, 5) is 13.7. The largest absolute Gasteiger partial charge is 0.350 e. The molecule has 1 N–H and O–H groups in total. The number of imidazole rings is 1. The molecule has 27 heavy (non-hydrogen) atoms. The molecule has 0 atom stereocenters. The highest BCUT2D eigenvalue weighted by Gasteiger charge is 2.19. The van der Waals surface area contributed by atoms with Gasteiger partial charge in [-0.2, -0.15) is 0 Å². The predicted molar refractivity (Wildman–Crippen MR) is 101 cm³/mol. The van der Waals surface area contributed by atoms with Gasteiger partial charge in [0.25, 0.3) is 0 Å². The van der Waals surface area contributed by atoms with Crippen LogP contribution >= 0.6 is 0 Å². The minimum absolute atomic E-state index is 0.259. The van der Waals surface area contributed by atoms with Crippen LogP contribution in [0, 0.1) is 6.92 Å². The maximum absolute atomic E-state index is 12.9. The van der Waals surface area contributed by atoms with Gasteiger partial charge < -0.3 is 9.88 Å². The van der Waals surface area contributed by atoms with E-state index in [9.17, 15) is 4.39 Å². The zero-order valence-corrected chi connectivity index (χ0v) is 15.1. The summed E-state index contributed by atoms with van der Waals surface area (Å²) in [5.74, 6) is 1.42. The third kappa shape index (κ3) is 2.72. The number of nitrogens with zero attached hydrogens (tertiary/aromatic N) is 6. The zero-order valence-electron chi connectivity index (χ0n) is 15.1. The molecule has 0 amide bonds. The van der Waals surface area contributed by atoms with Crippen molar-refractivity contribution in [3.8, 4) is 11.3 Å². The fraction of sp³-hybridized carbons (Fsp3) is 0.368. The van der Waals surface area contributed by atoms with Gasteiger partial charge in [-0.05, 0) is 44.4 Å². The van der Waals surface area contributed by atoms with Crippen LogP contribution in [0.2, 0.25) is 0 Å². The summed E-state index contributed by atoms with van der Waals surface area (Å²) in [6, 6.07) is 6.33. The van der Waals surface area contributed by atoms with E-state index in [0.717, 1.165) is 28.1 Å². The van der Waals surface area contributed by atoms with Crippen LogP contribution in [0.15, 0.2) is 30.6 Å². The topological polar surface area (TPSA) is 72.9 Å². The Morgan fingerprint density at radius 1 is 1.22 bits per heavy atom. The Hall–Kier alpha value is -3.03. The fourth-order valence-electron chi connectivity index (χ4n) is 3.54. The molecule has 1 aliphatic rings. The maximum Gasteiger partial charge on any atom is 0.241 e. The molecule has 1 fully saturated rings. The molecule has 0 aliphatic heterocycles. The molecule has 0 spiro atoms. The lowest BCUT2D eigenvalue weighted by atomic mass is 9.93. The Morgan fingerprint density at radius 3 is 2.89 bits per heavy atom. The quantitative estimate of drug-likeness (QED) is 0.587. The highest BCUT2D eigenvalue weighted by Crippen LogP contribution is 2.27. The van der Waals surface area contributed by atoms with Crippen molar-refractivity contribution in [2.45, 2.75) is 38.8 Å². The van der Waals surface area contributed by atoms with Crippen molar-refractivity contribution < 1.29 is 4.39 Å². The number of nitrogens with one attached hydrogen (secondary N) is 1. The van der Waals surface area contributed by atoms with Gasteiger partial charge in [0, 0.05) is 17.8 Å². The standard InChI is InChI=1S/C19H20FN7/c1-12-22-16-6-5-15(24-18(16)26(12)10-8-20)14-7-9-27-17(14)11-21-19(25-27)23-13-3-2-4-13/h5-7,9,11,13H,2-4,8,10H2,1H3,(H,23,25). The smallest absolute Gasteiger partial charge is 0.241 e. The van der Waals surface area contributed by atoms with Crippen LogP contribution in [0.5, 0.6) is 0 Å². The molecule has 1 saturated carbocycles. The zero-order chi connectivity index (χ0) is 18.4. The van der Waals surface area contributed by atoms with E-state index in [1.54, 1.807) is 0 Å². The molecule has 4 aromatic rings. The number of aromatic nitrogens is 6. The monoisotopic (exact) mass is 365 g/mol. The molecule has 4 heterocycles. The second-order valence-electron chi connectivity index (χ2n) is 6.95. The lowest BCUT2D eigenvalue weighted by Crippen LogP contribution is -2.28. The van der Waals surface area contributed by atoms with Crippen molar-refractivity contribution in [1.29, 1.82) is 0 Å². The van der Waals surface area contributed by atoms with Crippen LogP contribution in [0.25, 0.3) is 27.9 Å². The summed E-state index contributed by atoms with van der Waals surface area (Å²) in [6.07, 6.45) is 7.34. The van der Waals surface area contributed by atoms with Crippen LogP contribution < -0.4 is 5.32 Å². The summed E-state index contributed by atoms with van der Waals surface area (Å²) in [5, 5.41) is 7.92. The summed E-state index contributed by atoms with van der Waals surface area (Å²) in [7, 11) is 0. The first-order chi connectivity index (χ1) is 13.2. The number of hydrogen-bond donors (Lipinski definition) is 1. The van der Waals surface area contributed by atoms with Gasteiger partial charge in [-0.3, -0.25) is 0 Å². The molecule has 7 nitrogen and oxygen atoms in total. The number of fused-ring (bicyclic) bond motifs is 2. The highest BCUT2D eigenvalue weighted by atomic mass is 19.1. The van der Waals surface area contributed by atoms with Gasteiger partial charge in [0.2, 0.25) is 5.95 Å². The van der Waals surface area contributed by atoms with Crippen molar-refractivity contribution in [2.75, 3.05) is 12.0 Å². The molecule has 0 unspecified atom stereocenters. The number of aryl methyl sites for hydroxylation is 2. The Labute approximate surface area is 155 Å². The molecule has 0 aromatic carbocycles. The molecule has 4 aromatic heterocycles. The minimum atomic E-state index is -0.446.